The van der Waals surface area contributed by atoms with Crippen molar-refractivity contribution in [2.24, 2.45) is 0 Å². The molecule has 2 nitrogen and oxygen atoms in total. The molecule has 1 saturated carbocycles. The van der Waals surface area contributed by atoms with Gasteiger partial charge < -0.3 is 0 Å². The Balaban J connectivity index is 1.64. The minimum atomic E-state index is 0.579. The van der Waals surface area contributed by atoms with Crippen LogP contribution in [0.15, 0.2) is 23.4 Å². The Bertz CT molecular complexity index is 451. The number of rotatable bonds is 4. The molecular formula is C19H30N2S. The van der Waals surface area contributed by atoms with E-state index in [0.717, 1.165) is 5.25 Å². The van der Waals surface area contributed by atoms with Gasteiger partial charge >= 0.3 is 0 Å². The molecule has 1 aromatic rings. The zero-order chi connectivity index (χ0) is 15.4. The van der Waals surface area contributed by atoms with Gasteiger partial charge in [-0.15, -0.1) is 11.8 Å². The Morgan fingerprint density at radius 2 is 1.82 bits per heavy atom. The first-order valence-electron chi connectivity index (χ1n) is 9.12. The summed E-state index contributed by atoms with van der Waals surface area (Å²) in [5, 5.41) is 2.02. The molecule has 0 amide bonds. The van der Waals surface area contributed by atoms with E-state index in [1.807, 2.05) is 11.8 Å². The zero-order valence-corrected chi connectivity index (χ0v) is 14.9. The number of hydrogen-bond donors (Lipinski definition) is 0. The fourth-order valence-electron chi connectivity index (χ4n) is 3.94. The lowest BCUT2D eigenvalue weighted by molar-refractivity contribution is 0.112. The van der Waals surface area contributed by atoms with Gasteiger partial charge in [-0.25, -0.2) is 4.98 Å². The monoisotopic (exact) mass is 318 g/mol. The summed E-state index contributed by atoms with van der Waals surface area (Å²) in [6, 6.07) is 5.81. The van der Waals surface area contributed by atoms with Crippen molar-refractivity contribution in [3.8, 4) is 0 Å². The molecule has 1 aliphatic carbocycles. The third-order valence-corrected chi connectivity index (χ3v) is 6.48. The minimum absolute atomic E-state index is 0.579. The maximum absolute atomic E-state index is 4.78. The first-order chi connectivity index (χ1) is 10.7. The molecule has 3 rings (SSSR count). The highest BCUT2D eigenvalue weighted by Crippen LogP contribution is 2.35. The molecule has 0 aromatic carbocycles. The van der Waals surface area contributed by atoms with Crippen molar-refractivity contribution in [2.75, 3.05) is 6.54 Å². The van der Waals surface area contributed by atoms with Gasteiger partial charge in [-0.05, 0) is 57.7 Å². The van der Waals surface area contributed by atoms with E-state index in [9.17, 15) is 0 Å². The van der Waals surface area contributed by atoms with E-state index >= 15 is 0 Å². The molecule has 2 aliphatic rings. The van der Waals surface area contributed by atoms with Gasteiger partial charge in [-0.3, -0.25) is 4.90 Å². The van der Waals surface area contributed by atoms with E-state index < -0.39 is 0 Å². The summed E-state index contributed by atoms with van der Waals surface area (Å²) in [6.07, 6.45) is 13.1. The molecule has 1 saturated heterocycles. The molecule has 1 unspecified atom stereocenters. The predicted molar refractivity (Wildman–Crippen MR) is 95.4 cm³/mol. The topological polar surface area (TPSA) is 16.1 Å². The molecule has 0 bridgehead atoms. The van der Waals surface area contributed by atoms with Crippen LogP contribution in [0.5, 0.6) is 0 Å². The van der Waals surface area contributed by atoms with E-state index in [-0.39, 0.29) is 0 Å². The van der Waals surface area contributed by atoms with E-state index in [1.165, 1.54) is 68.5 Å². The van der Waals surface area contributed by atoms with Crippen molar-refractivity contribution in [3.05, 3.63) is 23.9 Å². The molecule has 2 heterocycles. The van der Waals surface area contributed by atoms with Crippen molar-refractivity contribution in [1.29, 1.82) is 0 Å². The summed E-state index contributed by atoms with van der Waals surface area (Å²) < 4.78 is 0. The second-order valence-electron chi connectivity index (χ2n) is 7.15. The molecule has 0 N–H and O–H groups in total. The number of nitrogens with zero attached hydrogens (tertiary/aromatic N) is 2. The summed E-state index contributed by atoms with van der Waals surface area (Å²) >= 11 is 2.00. The summed E-state index contributed by atoms with van der Waals surface area (Å²) in [7, 11) is 0. The van der Waals surface area contributed by atoms with E-state index in [1.54, 1.807) is 0 Å². The predicted octanol–water partition coefficient (Wildman–Crippen LogP) is 5.44. The molecule has 2 fully saturated rings. The Morgan fingerprint density at radius 1 is 1.05 bits per heavy atom. The van der Waals surface area contributed by atoms with Crippen LogP contribution in [0, 0.1) is 0 Å². The van der Waals surface area contributed by atoms with Crippen LogP contribution in [0.1, 0.15) is 76.8 Å². The van der Waals surface area contributed by atoms with E-state index in [0.29, 0.717) is 12.1 Å². The third-order valence-electron chi connectivity index (χ3n) is 5.19. The second-order valence-corrected chi connectivity index (χ2v) is 8.47. The summed E-state index contributed by atoms with van der Waals surface area (Å²) in [5.41, 5.74) is 1.42. The van der Waals surface area contributed by atoms with Gasteiger partial charge in [0.05, 0.1) is 5.03 Å². The normalized spacial score (nSPS) is 24.8. The lowest BCUT2D eigenvalue weighted by Crippen LogP contribution is -2.38. The van der Waals surface area contributed by atoms with Crippen molar-refractivity contribution in [1.82, 2.24) is 9.88 Å². The molecule has 3 heteroatoms. The van der Waals surface area contributed by atoms with Crippen LogP contribution in [-0.2, 0) is 0 Å². The van der Waals surface area contributed by atoms with Crippen molar-refractivity contribution in [3.63, 3.8) is 0 Å². The summed E-state index contributed by atoms with van der Waals surface area (Å²) in [6.45, 7) is 5.87. The third kappa shape index (κ3) is 4.05. The maximum Gasteiger partial charge on any atom is 0.0962 e. The van der Waals surface area contributed by atoms with E-state index in [4.69, 9.17) is 4.98 Å². The molecule has 22 heavy (non-hydrogen) atoms. The van der Waals surface area contributed by atoms with Crippen LogP contribution in [0.25, 0.3) is 0 Å². The lowest BCUT2D eigenvalue weighted by Gasteiger charge is -2.38. The highest BCUT2D eigenvalue weighted by Gasteiger charge is 2.26. The maximum atomic E-state index is 4.78. The SMILES string of the molecule is CC(C)N1CCCCC1c1ccc(SC2CCCCC2)nc1. The molecule has 122 valence electrons. The Hall–Kier alpha value is -0.540. The zero-order valence-electron chi connectivity index (χ0n) is 14.1. The first-order valence-corrected chi connectivity index (χ1v) is 10.0. The van der Waals surface area contributed by atoms with Gasteiger partial charge in [0, 0.05) is 23.5 Å². The van der Waals surface area contributed by atoms with E-state index in [2.05, 4.69) is 37.1 Å². The number of likely N-dealkylation sites (tertiary alicyclic amines) is 1. The van der Waals surface area contributed by atoms with Crippen LogP contribution in [0.2, 0.25) is 0 Å². The van der Waals surface area contributed by atoms with Gasteiger partial charge in [0.2, 0.25) is 0 Å². The van der Waals surface area contributed by atoms with Crippen LogP contribution in [-0.4, -0.2) is 27.7 Å². The average molecular weight is 319 g/mol. The van der Waals surface area contributed by atoms with Crippen molar-refractivity contribution < 1.29 is 0 Å². The standard InChI is InChI=1S/C19H30N2S/c1-15(2)21-13-7-6-10-18(21)16-11-12-19(20-14-16)22-17-8-4-3-5-9-17/h11-12,14-15,17-18H,3-10,13H2,1-2H3. The fourth-order valence-corrected chi connectivity index (χ4v) is 5.11. The van der Waals surface area contributed by atoms with Gasteiger partial charge in [-0.1, -0.05) is 31.7 Å². The molecule has 1 aromatic heterocycles. The average Bonchev–Trinajstić information content (AvgIpc) is 2.56. The lowest BCUT2D eigenvalue weighted by atomic mass is 9.95. The highest BCUT2D eigenvalue weighted by atomic mass is 32.2. The number of piperidine rings is 1. The van der Waals surface area contributed by atoms with Crippen molar-refractivity contribution in [2.45, 2.75) is 87.6 Å². The Labute approximate surface area is 140 Å². The van der Waals surface area contributed by atoms with Gasteiger partial charge in [-0.2, -0.15) is 0 Å². The second kappa shape index (κ2) is 7.83. The quantitative estimate of drug-likeness (QED) is 0.735. The van der Waals surface area contributed by atoms with Gasteiger partial charge in [0.25, 0.3) is 0 Å². The molecule has 0 radical (unpaired) electrons. The molecule has 0 spiro atoms. The van der Waals surface area contributed by atoms with Crippen molar-refractivity contribution >= 4 is 11.8 Å². The highest BCUT2D eigenvalue weighted by molar-refractivity contribution is 7.99. The van der Waals surface area contributed by atoms with Crippen LogP contribution in [0.4, 0.5) is 0 Å². The molecule has 1 aliphatic heterocycles. The van der Waals surface area contributed by atoms with Crippen LogP contribution < -0.4 is 0 Å². The summed E-state index contributed by atoms with van der Waals surface area (Å²) in [5.74, 6) is 0. The molecular weight excluding hydrogens is 288 g/mol. The largest absolute Gasteiger partial charge is 0.294 e. The number of pyridine rings is 1. The van der Waals surface area contributed by atoms with Gasteiger partial charge in [0.1, 0.15) is 0 Å². The number of hydrogen-bond acceptors (Lipinski definition) is 3. The number of thioether (sulfide) groups is 1. The smallest absolute Gasteiger partial charge is 0.0962 e. The molecule has 1 atom stereocenters. The van der Waals surface area contributed by atoms with Crippen LogP contribution >= 0.6 is 11.8 Å². The first kappa shape index (κ1) is 16.3. The van der Waals surface area contributed by atoms with Gasteiger partial charge in [0.15, 0.2) is 0 Å². The minimum Gasteiger partial charge on any atom is -0.294 e. The number of aromatic nitrogens is 1. The Morgan fingerprint density at radius 3 is 2.50 bits per heavy atom. The summed E-state index contributed by atoms with van der Waals surface area (Å²) in [4.78, 5) is 7.43. The Kier molecular flexibility index (Phi) is 5.81. The van der Waals surface area contributed by atoms with Crippen LogP contribution in [0.3, 0.4) is 0 Å². The fraction of sp³-hybridized carbons (Fsp3) is 0.737.